The molecule has 25 heavy (non-hydrogen) atoms. The summed E-state index contributed by atoms with van der Waals surface area (Å²) < 4.78 is 10.7. The molecule has 130 valence electrons. The van der Waals surface area contributed by atoms with Crippen LogP contribution < -0.4 is 14.4 Å². The predicted molar refractivity (Wildman–Crippen MR) is 95.4 cm³/mol. The first-order valence-electron chi connectivity index (χ1n) is 8.00. The van der Waals surface area contributed by atoms with E-state index in [4.69, 9.17) is 21.1 Å². The highest BCUT2D eigenvalue weighted by molar-refractivity contribution is 6.30. The van der Waals surface area contributed by atoms with E-state index in [2.05, 4.69) is 0 Å². The molecule has 3 rings (SSSR count). The van der Waals surface area contributed by atoms with Gasteiger partial charge in [-0.15, -0.1) is 0 Å². The first-order valence-corrected chi connectivity index (χ1v) is 8.38. The standard InChI is InChI=1S/C19H18ClNO4/c1-24-17-8-7-14(20)10-13(17)11-19(23)25-16-5-2-4-15(12-16)21-9-3-6-18(21)22/h2,4-5,7-8,10,12H,3,6,9,11H2,1H3. The first kappa shape index (κ1) is 17.3. The fourth-order valence-corrected chi connectivity index (χ4v) is 3.04. The Morgan fingerprint density at radius 3 is 2.80 bits per heavy atom. The van der Waals surface area contributed by atoms with Gasteiger partial charge in [0.2, 0.25) is 5.91 Å². The van der Waals surface area contributed by atoms with Crippen molar-refractivity contribution in [1.29, 1.82) is 0 Å². The number of anilines is 1. The lowest BCUT2D eigenvalue weighted by molar-refractivity contribution is -0.133. The summed E-state index contributed by atoms with van der Waals surface area (Å²) in [6.07, 6.45) is 1.44. The first-order chi connectivity index (χ1) is 12.1. The molecule has 1 amide bonds. The SMILES string of the molecule is COc1ccc(Cl)cc1CC(=O)Oc1cccc(N2CCCC2=O)c1. The molecule has 1 fully saturated rings. The molecule has 2 aromatic carbocycles. The maximum atomic E-state index is 12.3. The molecule has 0 unspecified atom stereocenters. The molecule has 1 aliphatic rings. The lowest BCUT2D eigenvalue weighted by Gasteiger charge is -2.16. The molecule has 0 saturated carbocycles. The highest BCUT2D eigenvalue weighted by atomic mass is 35.5. The molecule has 0 aromatic heterocycles. The Morgan fingerprint density at radius 2 is 2.08 bits per heavy atom. The summed E-state index contributed by atoms with van der Waals surface area (Å²) in [4.78, 5) is 25.8. The number of amides is 1. The van der Waals surface area contributed by atoms with E-state index in [1.807, 2.05) is 6.07 Å². The number of benzene rings is 2. The van der Waals surface area contributed by atoms with Crippen LogP contribution in [-0.2, 0) is 16.0 Å². The van der Waals surface area contributed by atoms with Gasteiger partial charge in [-0.05, 0) is 36.8 Å². The number of rotatable bonds is 5. The molecular formula is C19H18ClNO4. The summed E-state index contributed by atoms with van der Waals surface area (Å²) in [5.74, 6) is 0.651. The van der Waals surface area contributed by atoms with Gasteiger partial charge in [-0.1, -0.05) is 17.7 Å². The third kappa shape index (κ3) is 4.12. The van der Waals surface area contributed by atoms with Crippen LogP contribution in [0.3, 0.4) is 0 Å². The molecule has 6 heteroatoms. The van der Waals surface area contributed by atoms with Crippen molar-refractivity contribution < 1.29 is 19.1 Å². The van der Waals surface area contributed by atoms with Crippen LogP contribution in [0, 0.1) is 0 Å². The van der Waals surface area contributed by atoms with E-state index in [-0.39, 0.29) is 12.3 Å². The van der Waals surface area contributed by atoms with Crippen molar-refractivity contribution in [2.45, 2.75) is 19.3 Å². The Labute approximate surface area is 151 Å². The topological polar surface area (TPSA) is 55.8 Å². The van der Waals surface area contributed by atoms with Crippen molar-refractivity contribution in [3.8, 4) is 11.5 Å². The molecule has 0 N–H and O–H groups in total. The number of ether oxygens (including phenoxy) is 2. The van der Waals surface area contributed by atoms with Gasteiger partial charge in [0.05, 0.1) is 13.5 Å². The second-order valence-corrected chi connectivity index (χ2v) is 6.19. The number of carbonyl (C=O) groups excluding carboxylic acids is 2. The van der Waals surface area contributed by atoms with Gasteiger partial charge < -0.3 is 14.4 Å². The van der Waals surface area contributed by atoms with Crippen LogP contribution >= 0.6 is 11.6 Å². The molecule has 1 saturated heterocycles. The largest absolute Gasteiger partial charge is 0.496 e. The molecule has 1 aliphatic heterocycles. The smallest absolute Gasteiger partial charge is 0.315 e. The van der Waals surface area contributed by atoms with Crippen LogP contribution in [0.25, 0.3) is 0 Å². The van der Waals surface area contributed by atoms with E-state index in [1.165, 1.54) is 7.11 Å². The van der Waals surface area contributed by atoms with Crippen LogP contribution in [0.4, 0.5) is 5.69 Å². The summed E-state index contributed by atoms with van der Waals surface area (Å²) in [6, 6.07) is 12.1. The van der Waals surface area contributed by atoms with Crippen molar-refractivity contribution >= 4 is 29.2 Å². The maximum absolute atomic E-state index is 12.3. The fourth-order valence-electron chi connectivity index (χ4n) is 2.84. The molecule has 5 nitrogen and oxygen atoms in total. The number of hydrogen-bond donors (Lipinski definition) is 0. The van der Waals surface area contributed by atoms with Crippen molar-refractivity contribution in [2.24, 2.45) is 0 Å². The van der Waals surface area contributed by atoms with E-state index in [9.17, 15) is 9.59 Å². The van der Waals surface area contributed by atoms with Gasteiger partial charge in [0.15, 0.2) is 0 Å². The summed E-state index contributed by atoms with van der Waals surface area (Å²) in [6.45, 7) is 0.690. The van der Waals surface area contributed by atoms with E-state index < -0.39 is 5.97 Å². The number of halogens is 1. The second kappa shape index (κ2) is 7.57. The van der Waals surface area contributed by atoms with E-state index in [0.717, 1.165) is 12.1 Å². The van der Waals surface area contributed by atoms with Crippen molar-refractivity contribution in [1.82, 2.24) is 0 Å². The minimum atomic E-state index is -0.425. The lowest BCUT2D eigenvalue weighted by atomic mass is 10.1. The Morgan fingerprint density at radius 1 is 1.24 bits per heavy atom. The number of nitrogens with zero attached hydrogens (tertiary/aromatic N) is 1. The molecule has 0 radical (unpaired) electrons. The molecule has 0 aliphatic carbocycles. The maximum Gasteiger partial charge on any atom is 0.315 e. The van der Waals surface area contributed by atoms with Crippen LogP contribution in [0.2, 0.25) is 5.02 Å². The minimum Gasteiger partial charge on any atom is -0.496 e. The number of carbonyl (C=O) groups is 2. The number of methoxy groups -OCH3 is 1. The number of esters is 1. The molecular weight excluding hydrogens is 342 g/mol. The van der Waals surface area contributed by atoms with Gasteiger partial charge in [-0.2, -0.15) is 0 Å². The van der Waals surface area contributed by atoms with Crippen molar-refractivity contribution in [2.75, 3.05) is 18.6 Å². The van der Waals surface area contributed by atoms with Crippen LogP contribution in [0.15, 0.2) is 42.5 Å². The van der Waals surface area contributed by atoms with Crippen LogP contribution in [-0.4, -0.2) is 25.5 Å². The van der Waals surface area contributed by atoms with Crippen LogP contribution in [0.1, 0.15) is 18.4 Å². The van der Waals surface area contributed by atoms with Gasteiger partial charge in [0.1, 0.15) is 11.5 Å². The molecule has 1 heterocycles. The highest BCUT2D eigenvalue weighted by Crippen LogP contribution is 2.27. The van der Waals surface area contributed by atoms with Gasteiger partial charge in [-0.25, -0.2) is 0 Å². The molecule has 0 spiro atoms. The van der Waals surface area contributed by atoms with Gasteiger partial charge in [0, 0.05) is 35.3 Å². The van der Waals surface area contributed by atoms with E-state index in [1.54, 1.807) is 41.3 Å². The zero-order valence-electron chi connectivity index (χ0n) is 13.8. The summed E-state index contributed by atoms with van der Waals surface area (Å²) in [7, 11) is 1.54. The average molecular weight is 360 g/mol. The van der Waals surface area contributed by atoms with Gasteiger partial charge >= 0.3 is 5.97 Å². The monoisotopic (exact) mass is 359 g/mol. The molecule has 0 bridgehead atoms. The molecule has 2 aromatic rings. The average Bonchev–Trinajstić information content (AvgIpc) is 3.01. The fraction of sp³-hybridized carbons (Fsp3) is 0.263. The lowest BCUT2D eigenvalue weighted by Crippen LogP contribution is -2.23. The highest BCUT2D eigenvalue weighted by Gasteiger charge is 2.22. The predicted octanol–water partition coefficient (Wildman–Crippen LogP) is 3.62. The normalized spacial score (nSPS) is 13.8. The summed E-state index contributed by atoms with van der Waals surface area (Å²) >= 11 is 5.98. The zero-order chi connectivity index (χ0) is 17.8. The number of hydrogen-bond acceptors (Lipinski definition) is 4. The van der Waals surface area contributed by atoms with Gasteiger partial charge in [0.25, 0.3) is 0 Å². The van der Waals surface area contributed by atoms with E-state index in [0.29, 0.717) is 35.1 Å². The summed E-state index contributed by atoms with van der Waals surface area (Å²) in [5.41, 5.74) is 1.40. The Kier molecular flexibility index (Phi) is 5.24. The summed E-state index contributed by atoms with van der Waals surface area (Å²) in [5, 5.41) is 0.526. The zero-order valence-corrected chi connectivity index (χ0v) is 14.6. The minimum absolute atomic E-state index is 0.0383. The third-order valence-electron chi connectivity index (χ3n) is 4.01. The van der Waals surface area contributed by atoms with Crippen LogP contribution in [0.5, 0.6) is 11.5 Å². The Hall–Kier alpha value is -2.53. The van der Waals surface area contributed by atoms with Crippen molar-refractivity contribution in [3.05, 3.63) is 53.1 Å². The van der Waals surface area contributed by atoms with Gasteiger partial charge in [-0.3, -0.25) is 9.59 Å². The third-order valence-corrected chi connectivity index (χ3v) is 4.25. The Bertz CT molecular complexity index is 806. The molecule has 0 atom stereocenters. The second-order valence-electron chi connectivity index (χ2n) is 5.75. The van der Waals surface area contributed by atoms with E-state index >= 15 is 0 Å². The van der Waals surface area contributed by atoms with Crippen molar-refractivity contribution in [3.63, 3.8) is 0 Å². The quantitative estimate of drug-likeness (QED) is 0.604. The Balaban J connectivity index is 1.71.